The molecule has 1 saturated heterocycles. The number of hydrogen-bond acceptors (Lipinski definition) is 3. The maximum absolute atomic E-state index is 5.67. The maximum Gasteiger partial charge on any atom is 0.129 e. The number of rotatable bonds is 2. The van der Waals surface area contributed by atoms with Gasteiger partial charge in [0.15, 0.2) is 0 Å². The van der Waals surface area contributed by atoms with Crippen LogP contribution in [-0.2, 0) is 6.54 Å². The van der Waals surface area contributed by atoms with Gasteiger partial charge in [0.25, 0.3) is 0 Å². The summed E-state index contributed by atoms with van der Waals surface area (Å²) in [5, 5.41) is 0.545. The predicted octanol–water partition coefficient (Wildman–Crippen LogP) is 0.878. The number of pyridine rings is 1. The van der Waals surface area contributed by atoms with Crippen molar-refractivity contribution in [2.24, 2.45) is 5.73 Å². The molecule has 0 unspecified atom stereocenters. The standard InChI is InChI=1S/C9H12ClN3/c10-9-2-1-7(3-12-9)4-13-5-8(11)6-13/h1-3,8H,4-6,11H2. The molecule has 0 saturated carbocycles. The van der Waals surface area contributed by atoms with Crippen molar-refractivity contribution in [2.75, 3.05) is 13.1 Å². The van der Waals surface area contributed by atoms with E-state index in [-0.39, 0.29) is 0 Å². The van der Waals surface area contributed by atoms with Crippen molar-refractivity contribution in [3.05, 3.63) is 29.0 Å². The van der Waals surface area contributed by atoms with Crippen molar-refractivity contribution in [1.29, 1.82) is 0 Å². The van der Waals surface area contributed by atoms with Gasteiger partial charge in [-0.1, -0.05) is 17.7 Å². The molecular weight excluding hydrogens is 186 g/mol. The first kappa shape index (κ1) is 8.94. The maximum atomic E-state index is 5.67. The highest BCUT2D eigenvalue weighted by Crippen LogP contribution is 2.12. The van der Waals surface area contributed by atoms with Crippen LogP contribution < -0.4 is 5.73 Å². The van der Waals surface area contributed by atoms with E-state index in [9.17, 15) is 0 Å². The summed E-state index contributed by atoms with van der Waals surface area (Å²) < 4.78 is 0. The van der Waals surface area contributed by atoms with Gasteiger partial charge in [0.05, 0.1) is 0 Å². The molecule has 70 valence electrons. The van der Waals surface area contributed by atoms with Gasteiger partial charge in [0.1, 0.15) is 5.15 Å². The Morgan fingerprint density at radius 3 is 2.85 bits per heavy atom. The van der Waals surface area contributed by atoms with Gasteiger partial charge in [-0.05, 0) is 11.6 Å². The van der Waals surface area contributed by atoms with Crippen LogP contribution in [0, 0.1) is 0 Å². The average molecular weight is 198 g/mol. The van der Waals surface area contributed by atoms with Gasteiger partial charge < -0.3 is 5.73 Å². The third-order valence-electron chi connectivity index (χ3n) is 2.18. The van der Waals surface area contributed by atoms with Crippen LogP contribution in [0.2, 0.25) is 5.15 Å². The van der Waals surface area contributed by atoms with E-state index >= 15 is 0 Å². The number of nitrogens with two attached hydrogens (primary N) is 1. The molecule has 0 aliphatic carbocycles. The summed E-state index contributed by atoms with van der Waals surface area (Å²) in [5.74, 6) is 0. The highest BCUT2D eigenvalue weighted by atomic mass is 35.5. The Kier molecular flexibility index (Phi) is 2.49. The number of nitrogens with zero attached hydrogens (tertiary/aromatic N) is 2. The lowest BCUT2D eigenvalue weighted by atomic mass is 10.1. The van der Waals surface area contributed by atoms with Crippen LogP contribution in [0.3, 0.4) is 0 Å². The van der Waals surface area contributed by atoms with E-state index in [4.69, 9.17) is 17.3 Å². The molecule has 0 amide bonds. The molecule has 2 rings (SSSR count). The predicted molar refractivity (Wildman–Crippen MR) is 52.5 cm³/mol. The highest BCUT2D eigenvalue weighted by Gasteiger charge is 2.22. The molecule has 0 radical (unpaired) electrons. The summed E-state index contributed by atoms with van der Waals surface area (Å²) in [6.45, 7) is 2.91. The van der Waals surface area contributed by atoms with E-state index in [1.807, 2.05) is 18.3 Å². The molecule has 1 fully saturated rings. The molecule has 1 aliphatic heterocycles. The normalized spacial score (nSPS) is 18.6. The average Bonchev–Trinajstić information content (AvgIpc) is 2.06. The quantitative estimate of drug-likeness (QED) is 0.716. The van der Waals surface area contributed by atoms with Crippen LogP contribution in [0.5, 0.6) is 0 Å². The summed E-state index contributed by atoms with van der Waals surface area (Å²) in [6.07, 6.45) is 1.81. The van der Waals surface area contributed by atoms with Gasteiger partial charge in [-0.2, -0.15) is 0 Å². The van der Waals surface area contributed by atoms with E-state index in [1.54, 1.807) is 0 Å². The van der Waals surface area contributed by atoms with Crippen LogP contribution in [-0.4, -0.2) is 29.0 Å². The monoisotopic (exact) mass is 197 g/mol. The Morgan fingerprint density at radius 2 is 2.31 bits per heavy atom. The Morgan fingerprint density at radius 1 is 1.54 bits per heavy atom. The zero-order valence-corrected chi connectivity index (χ0v) is 8.04. The SMILES string of the molecule is NC1CN(Cc2ccc(Cl)nc2)C1. The van der Waals surface area contributed by atoms with Crippen LogP contribution in [0.4, 0.5) is 0 Å². The van der Waals surface area contributed by atoms with Gasteiger partial charge in [-0.25, -0.2) is 4.98 Å². The van der Waals surface area contributed by atoms with Crippen LogP contribution in [0.1, 0.15) is 5.56 Å². The van der Waals surface area contributed by atoms with Crippen LogP contribution in [0.15, 0.2) is 18.3 Å². The Hall–Kier alpha value is -0.640. The molecule has 3 nitrogen and oxygen atoms in total. The van der Waals surface area contributed by atoms with E-state index in [0.717, 1.165) is 19.6 Å². The number of hydrogen-bond donors (Lipinski definition) is 1. The van der Waals surface area contributed by atoms with Crippen molar-refractivity contribution in [3.63, 3.8) is 0 Å². The second kappa shape index (κ2) is 3.62. The lowest BCUT2D eigenvalue weighted by molar-refractivity contribution is 0.142. The fraction of sp³-hybridized carbons (Fsp3) is 0.444. The number of aromatic nitrogens is 1. The van der Waals surface area contributed by atoms with Crippen molar-refractivity contribution in [3.8, 4) is 0 Å². The smallest absolute Gasteiger partial charge is 0.129 e. The summed E-state index contributed by atoms with van der Waals surface area (Å²) >= 11 is 5.67. The molecule has 1 aliphatic rings. The Labute approximate surface area is 82.5 Å². The minimum Gasteiger partial charge on any atom is -0.325 e. The van der Waals surface area contributed by atoms with Crippen LogP contribution >= 0.6 is 11.6 Å². The summed E-state index contributed by atoms with van der Waals surface area (Å²) in [6, 6.07) is 4.18. The fourth-order valence-electron chi connectivity index (χ4n) is 1.50. The van der Waals surface area contributed by atoms with Gasteiger partial charge in [0.2, 0.25) is 0 Å². The number of halogens is 1. The molecule has 0 bridgehead atoms. The minimum absolute atomic E-state index is 0.361. The first-order valence-electron chi connectivity index (χ1n) is 4.32. The molecule has 13 heavy (non-hydrogen) atoms. The molecule has 0 atom stereocenters. The zero-order chi connectivity index (χ0) is 9.26. The minimum atomic E-state index is 0.361. The van der Waals surface area contributed by atoms with E-state index in [1.165, 1.54) is 5.56 Å². The highest BCUT2D eigenvalue weighted by molar-refractivity contribution is 6.29. The topological polar surface area (TPSA) is 42.1 Å². The van der Waals surface area contributed by atoms with Gasteiger partial charge >= 0.3 is 0 Å². The molecule has 4 heteroatoms. The second-order valence-electron chi connectivity index (χ2n) is 3.44. The first-order valence-corrected chi connectivity index (χ1v) is 4.70. The lowest BCUT2D eigenvalue weighted by Gasteiger charge is -2.36. The van der Waals surface area contributed by atoms with E-state index in [2.05, 4.69) is 9.88 Å². The summed E-state index contributed by atoms with van der Waals surface area (Å²) in [4.78, 5) is 6.30. The van der Waals surface area contributed by atoms with Gasteiger partial charge in [-0.3, -0.25) is 4.90 Å². The van der Waals surface area contributed by atoms with E-state index in [0.29, 0.717) is 11.2 Å². The molecule has 0 spiro atoms. The Balaban J connectivity index is 1.91. The summed E-state index contributed by atoms with van der Waals surface area (Å²) in [7, 11) is 0. The molecule has 2 N–H and O–H groups in total. The summed E-state index contributed by atoms with van der Waals surface area (Å²) in [5.41, 5.74) is 6.86. The van der Waals surface area contributed by atoms with Crippen molar-refractivity contribution in [1.82, 2.24) is 9.88 Å². The third kappa shape index (κ3) is 2.18. The van der Waals surface area contributed by atoms with Gasteiger partial charge in [0, 0.05) is 31.9 Å². The molecular formula is C9H12ClN3. The van der Waals surface area contributed by atoms with Crippen molar-refractivity contribution < 1.29 is 0 Å². The molecule has 2 heterocycles. The zero-order valence-electron chi connectivity index (χ0n) is 7.28. The Bertz CT molecular complexity index is 279. The fourth-order valence-corrected chi connectivity index (χ4v) is 1.61. The molecule has 1 aromatic heterocycles. The lowest BCUT2D eigenvalue weighted by Crippen LogP contribution is -2.54. The molecule has 1 aromatic rings. The van der Waals surface area contributed by atoms with Crippen molar-refractivity contribution >= 4 is 11.6 Å². The molecule has 0 aromatic carbocycles. The van der Waals surface area contributed by atoms with E-state index < -0.39 is 0 Å². The first-order chi connectivity index (χ1) is 6.24. The van der Waals surface area contributed by atoms with Crippen molar-refractivity contribution in [2.45, 2.75) is 12.6 Å². The van der Waals surface area contributed by atoms with Gasteiger partial charge in [-0.15, -0.1) is 0 Å². The second-order valence-corrected chi connectivity index (χ2v) is 3.83. The number of likely N-dealkylation sites (tertiary alicyclic amines) is 1. The van der Waals surface area contributed by atoms with Crippen LogP contribution in [0.25, 0.3) is 0 Å². The largest absolute Gasteiger partial charge is 0.325 e. The third-order valence-corrected chi connectivity index (χ3v) is 2.40.